The van der Waals surface area contributed by atoms with E-state index in [9.17, 15) is 18.8 Å². The van der Waals surface area contributed by atoms with Crippen LogP contribution in [0.15, 0.2) is 24.3 Å². The van der Waals surface area contributed by atoms with E-state index in [0.717, 1.165) is 12.8 Å². The number of halogens is 1. The van der Waals surface area contributed by atoms with Gasteiger partial charge in [-0.2, -0.15) is 0 Å². The molecule has 1 aliphatic rings. The van der Waals surface area contributed by atoms with E-state index in [2.05, 4.69) is 5.32 Å². The highest BCUT2D eigenvalue weighted by Crippen LogP contribution is 2.21. The highest BCUT2D eigenvalue weighted by atomic mass is 19.1. The first-order chi connectivity index (χ1) is 14.9. The minimum Gasteiger partial charge on any atom is -0.444 e. The van der Waals surface area contributed by atoms with Crippen molar-refractivity contribution in [3.05, 3.63) is 35.6 Å². The number of ether oxygens (including phenoxy) is 1. The molecule has 0 saturated carbocycles. The van der Waals surface area contributed by atoms with Gasteiger partial charge < -0.3 is 19.9 Å². The van der Waals surface area contributed by atoms with E-state index in [1.807, 2.05) is 34.6 Å². The largest absolute Gasteiger partial charge is 0.444 e. The van der Waals surface area contributed by atoms with E-state index in [4.69, 9.17) is 4.74 Å². The third-order valence-electron chi connectivity index (χ3n) is 5.39. The van der Waals surface area contributed by atoms with E-state index < -0.39 is 23.4 Å². The van der Waals surface area contributed by atoms with E-state index in [0.29, 0.717) is 25.2 Å². The van der Waals surface area contributed by atoms with Gasteiger partial charge in [-0.1, -0.05) is 13.8 Å². The summed E-state index contributed by atoms with van der Waals surface area (Å²) in [4.78, 5) is 41.5. The number of piperidine rings is 1. The molecule has 178 valence electrons. The first-order valence-electron chi connectivity index (χ1n) is 11.2. The molecule has 2 rings (SSSR count). The van der Waals surface area contributed by atoms with E-state index >= 15 is 0 Å². The van der Waals surface area contributed by atoms with Crippen LogP contribution in [0, 0.1) is 17.7 Å². The Morgan fingerprint density at radius 2 is 1.84 bits per heavy atom. The van der Waals surface area contributed by atoms with Crippen LogP contribution in [-0.4, -0.2) is 66.0 Å². The van der Waals surface area contributed by atoms with Crippen molar-refractivity contribution in [3.63, 3.8) is 0 Å². The number of hydrogen-bond donors (Lipinski definition) is 1. The lowest BCUT2D eigenvalue weighted by atomic mass is 9.95. The van der Waals surface area contributed by atoms with Gasteiger partial charge in [-0.05, 0) is 69.7 Å². The van der Waals surface area contributed by atoms with Gasteiger partial charge in [-0.15, -0.1) is 0 Å². The van der Waals surface area contributed by atoms with Crippen LogP contribution in [0.5, 0.6) is 0 Å². The Balaban J connectivity index is 2.00. The van der Waals surface area contributed by atoms with Crippen molar-refractivity contribution in [2.24, 2.45) is 11.8 Å². The molecule has 0 aliphatic carbocycles. The fourth-order valence-electron chi connectivity index (χ4n) is 3.75. The lowest BCUT2D eigenvalue weighted by molar-refractivity contribution is -0.136. The Morgan fingerprint density at radius 3 is 2.41 bits per heavy atom. The molecule has 2 unspecified atom stereocenters. The molecule has 8 heteroatoms. The van der Waals surface area contributed by atoms with Crippen molar-refractivity contribution in [1.29, 1.82) is 0 Å². The molecule has 1 saturated heterocycles. The normalized spacial score (nSPS) is 17.6. The summed E-state index contributed by atoms with van der Waals surface area (Å²) < 4.78 is 18.6. The number of nitrogens with zero attached hydrogens (tertiary/aromatic N) is 2. The van der Waals surface area contributed by atoms with Crippen molar-refractivity contribution in [3.8, 4) is 0 Å². The number of hydrogen-bond acceptors (Lipinski definition) is 4. The van der Waals surface area contributed by atoms with E-state index in [1.54, 1.807) is 16.8 Å². The summed E-state index contributed by atoms with van der Waals surface area (Å²) in [6, 6.07) is 4.55. The van der Waals surface area contributed by atoms with Crippen LogP contribution in [0.4, 0.5) is 9.18 Å². The number of nitrogens with one attached hydrogen (secondary N) is 1. The van der Waals surface area contributed by atoms with Gasteiger partial charge in [0, 0.05) is 32.2 Å². The predicted octanol–water partition coefficient (Wildman–Crippen LogP) is 3.69. The average Bonchev–Trinajstić information content (AvgIpc) is 2.70. The first-order valence-corrected chi connectivity index (χ1v) is 11.2. The SMILES string of the molecule is CC(C)C(NC(=O)c1ccc(F)cc1)C(=O)N1CCCC(CN(C)C(=O)OC(C)(C)C)C1. The number of carbonyl (C=O) groups excluding carboxylic acids is 3. The van der Waals surface area contributed by atoms with Gasteiger partial charge in [-0.25, -0.2) is 9.18 Å². The van der Waals surface area contributed by atoms with E-state index in [-0.39, 0.29) is 23.8 Å². The summed E-state index contributed by atoms with van der Waals surface area (Å²) in [6.07, 6.45) is 1.35. The zero-order valence-electron chi connectivity index (χ0n) is 20.0. The fourth-order valence-corrected chi connectivity index (χ4v) is 3.75. The van der Waals surface area contributed by atoms with Gasteiger partial charge >= 0.3 is 6.09 Å². The van der Waals surface area contributed by atoms with Crippen molar-refractivity contribution >= 4 is 17.9 Å². The summed E-state index contributed by atoms with van der Waals surface area (Å²) in [7, 11) is 1.70. The number of likely N-dealkylation sites (tertiary alicyclic amines) is 1. The lowest BCUT2D eigenvalue weighted by Gasteiger charge is -2.37. The predicted molar refractivity (Wildman–Crippen MR) is 121 cm³/mol. The maximum atomic E-state index is 13.3. The topological polar surface area (TPSA) is 79.0 Å². The molecule has 2 atom stereocenters. The quantitative estimate of drug-likeness (QED) is 0.719. The molecule has 7 nitrogen and oxygen atoms in total. The lowest BCUT2D eigenvalue weighted by Crippen LogP contribution is -2.54. The summed E-state index contributed by atoms with van der Waals surface area (Å²) in [5.41, 5.74) is -0.256. The Morgan fingerprint density at radius 1 is 1.22 bits per heavy atom. The highest BCUT2D eigenvalue weighted by molar-refractivity contribution is 5.97. The van der Waals surface area contributed by atoms with Gasteiger partial charge in [0.05, 0.1) is 0 Å². The van der Waals surface area contributed by atoms with Crippen LogP contribution in [0.25, 0.3) is 0 Å². The van der Waals surface area contributed by atoms with Crippen LogP contribution >= 0.6 is 0 Å². The maximum Gasteiger partial charge on any atom is 0.410 e. The van der Waals surface area contributed by atoms with Crippen LogP contribution in [-0.2, 0) is 9.53 Å². The molecule has 0 radical (unpaired) electrons. The number of benzene rings is 1. The molecule has 0 aromatic heterocycles. The molecular weight excluding hydrogens is 413 g/mol. The standard InChI is InChI=1S/C24H36FN3O4/c1-16(2)20(26-21(29)18-9-11-19(25)12-10-18)22(30)28-13-7-8-17(15-28)14-27(6)23(31)32-24(3,4)5/h9-12,16-17,20H,7-8,13-15H2,1-6H3,(H,26,29). The Bertz CT molecular complexity index is 804. The second-order valence-corrected chi connectivity index (χ2v) is 9.86. The third-order valence-corrected chi connectivity index (χ3v) is 5.39. The Hall–Kier alpha value is -2.64. The number of rotatable bonds is 6. The van der Waals surface area contributed by atoms with Gasteiger partial charge in [0.1, 0.15) is 17.5 Å². The molecule has 3 amide bonds. The monoisotopic (exact) mass is 449 g/mol. The zero-order chi connectivity index (χ0) is 24.1. The molecule has 0 bridgehead atoms. The Labute approximate surface area is 190 Å². The number of carbonyl (C=O) groups is 3. The van der Waals surface area contributed by atoms with E-state index in [1.165, 1.54) is 24.3 Å². The molecule has 32 heavy (non-hydrogen) atoms. The molecule has 1 aromatic carbocycles. The molecule has 1 aromatic rings. The van der Waals surface area contributed by atoms with Crippen LogP contribution < -0.4 is 5.32 Å². The Kier molecular flexibility index (Phi) is 8.64. The minimum atomic E-state index is -0.685. The molecule has 1 N–H and O–H groups in total. The number of amides is 3. The van der Waals surface area contributed by atoms with Crippen LogP contribution in [0.1, 0.15) is 57.8 Å². The van der Waals surface area contributed by atoms with Gasteiger partial charge in [0.15, 0.2) is 0 Å². The minimum absolute atomic E-state index is 0.114. The first kappa shape index (κ1) is 25.6. The second kappa shape index (κ2) is 10.8. The second-order valence-electron chi connectivity index (χ2n) is 9.86. The van der Waals surface area contributed by atoms with Gasteiger partial charge in [-0.3, -0.25) is 9.59 Å². The molecule has 0 spiro atoms. The molecule has 1 heterocycles. The molecule has 1 fully saturated rings. The third kappa shape index (κ3) is 7.50. The zero-order valence-corrected chi connectivity index (χ0v) is 20.0. The average molecular weight is 450 g/mol. The van der Waals surface area contributed by atoms with Crippen LogP contribution in [0.3, 0.4) is 0 Å². The van der Waals surface area contributed by atoms with Crippen molar-refractivity contribution < 1.29 is 23.5 Å². The smallest absolute Gasteiger partial charge is 0.410 e. The summed E-state index contributed by atoms with van der Waals surface area (Å²) in [5.74, 6) is -0.952. The molecule has 1 aliphatic heterocycles. The summed E-state index contributed by atoms with van der Waals surface area (Å²) >= 11 is 0. The summed E-state index contributed by atoms with van der Waals surface area (Å²) in [6.45, 7) is 10.9. The van der Waals surface area contributed by atoms with Gasteiger partial charge in [0.2, 0.25) is 5.91 Å². The summed E-state index contributed by atoms with van der Waals surface area (Å²) in [5, 5.41) is 2.81. The van der Waals surface area contributed by atoms with Crippen molar-refractivity contribution in [1.82, 2.24) is 15.1 Å². The maximum absolute atomic E-state index is 13.3. The highest BCUT2D eigenvalue weighted by Gasteiger charge is 2.33. The molecular formula is C24H36FN3O4. The van der Waals surface area contributed by atoms with Crippen molar-refractivity contribution in [2.75, 3.05) is 26.7 Å². The van der Waals surface area contributed by atoms with Crippen molar-refractivity contribution in [2.45, 2.75) is 59.1 Å². The van der Waals surface area contributed by atoms with Gasteiger partial charge in [0.25, 0.3) is 5.91 Å². The van der Waals surface area contributed by atoms with Crippen LogP contribution in [0.2, 0.25) is 0 Å². The fraction of sp³-hybridized carbons (Fsp3) is 0.625.